The molecule has 1 fully saturated rings. The second kappa shape index (κ2) is 9.82. The van der Waals surface area contributed by atoms with Gasteiger partial charge >= 0.3 is 0 Å². The summed E-state index contributed by atoms with van der Waals surface area (Å²) in [6.45, 7) is 7.99. The van der Waals surface area contributed by atoms with E-state index in [0.29, 0.717) is 5.41 Å². The third kappa shape index (κ3) is 6.16. The summed E-state index contributed by atoms with van der Waals surface area (Å²) >= 11 is 0. The predicted octanol–water partition coefficient (Wildman–Crippen LogP) is 5.92. The Bertz CT molecular complexity index is 226. The van der Waals surface area contributed by atoms with Crippen molar-refractivity contribution in [2.45, 2.75) is 97.8 Å². The first-order valence-corrected chi connectivity index (χ1v) is 9.33. The molecule has 0 unspecified atom stereocenters. The molecule has 1 nitrogen and oxygen atoms in total. The third-order valence-corrected chi connectivity index (χ3v) is 5.78. The van der Waals surface area contributed by atoms with E-state index >= 15 is 0 Å². The van der Waals surface area contributed by atoms with Crippen LogP contribution in [0.1, 0.15) is 97.8 Å². The Kier molecular flexibility index (Phi) is 8.84. The van der Waals surface area contributed by atoms with Gasteiger partial charge in [-0.2, -0.15) is 0 Å². The molecular weight excluding hydrogens is 242 g/mol. The van der Waals surface area contributed by atoms with Crippen molar-refractivity contribution in [1.29, 1.82) is 0 Å². The molecule has 1 rings (SSSR count). The van der Waals surface area contributed by atoms with Crippen LogP contribution >= 0.6 is 0 Å². The van der Waals surface area contributed by atoms with Crippen molar-refractivity contribution < 1.29 is 0 Å². The van der Waals surface area contributed by atoms with Gasteiger partial charge in [0.15, 0.2) is 0 Å². The Hall–Kier alpha value is -0.0400. The van der Waals surface area contributed by atoms with Crippen molar-refractivity contribution in [3.8, 4) is 0 Å². The van der Waals surface area contributed by atoms with Gasteiger partial charge in [-0.1, -0.05) is 65.7 Å². The van der Waals surface area contributed by atoms with Crippen LogP contribution in [0.4, 0.5) is 0 Å². The van der Waals surface area contributed by atoms with E-state index in [1.165, 1.54) is 77.0 Å². The summed E-state index contributed by atoms with van der Waals surface area (Å²) in [5.41, 5.74) is 6.65. The molecule has 0 radical (unpaired) electrons. The van der Waals surface area contributed by atoms with Crippen LogP contribution in [0.2, 0.25) is 0 Å². The Labute approximate surface area is 128 Å². The Morgan fingerprint density at radius 2 is 1.50 bits per heavy atom. The second-order valence-electron chi connectivity index (χ2n) is 7.66. The molecule has 1 aliphatic carbocycles. The van der Waals surface area contributed by atoms with Crippen LogP contribution in [0.15, 0.2) is 0 Å². The van der Waals surface area contributed by atoms with Gasteiger partial charge in [-0.15, -0.1) is 0 Å². The summed E-state index contributed by atoms with van der Waals surface area (Å²) in [5, 5.41) is 0. The summed E-state index contributed by atoms with van der Waals surface area (Å²) in [4.78, 5) is 0. The smallest absolute Gasteiger partial charge is 0.00205 e. The fourth-order valence-electron chi connectivity index (χ4n) is 3.93. The molecule has 0 bridgehead atoms. The fraction of sp³-hybridized carbons (Fsp3) is 1.00. The summed E-state index contributed by atoms with van der Waals surface area (Å²) in [6.07, 6.45) is 17.0. The van der Waals surface area contributed by atoms with E-state index < -0.39 is 0 Å². The molecule has 2 N–H and O–H groups in total. The molecule has 0 atom stereocenters. The molecule has 0 spiro atoms. The number of hydrogen-bond donors (Lipinski definition) is 1. The number of rotatable bonds is 10. The third-order valence-electron chi connectivity index (χ3n) is 5.78. The number of hydrogen-bond acceptors (Lipinski definition) is 1. The molecule has 0 aromatic carbocycles. The van der Waals surface area contributed by atoms with Crippen LogP contribution in [0.5, 0.6) is 0 Å². The average Bonchev–Trinajstić information content (AvgIpc) is 2.46. The van der Waals surface area contributed by atoms with Crippen LogP contribution in [0.25, 0.3) is 0 Å². The maximum atomic E-state index is 6.14. The lowest BCUT2D eigenvalue weighted by atomic mass is 9.66. The lowest BCUT2D eigenvalue weighted by Gasteiger charge is -2.41. The molecule has 0 aromatic heterocycles. The minimum atomic E-state index is 0.509. The molecule has 1 aliphatic rings. The van der Waals surface area contributed by atoms with Gasteiger partial charge in [-0.3, -0.25) is 0 Å². The fourth-order valence-corrected chi connectivity index (χ4v) is 3.93. The maximum absolute atomic E-state index is 6.14. The molecule has 0 aliphatic heterocycles. The van der Waals surface area contributed by atoms with Crippen LogP contribution in [-0.2, 0) is 0 Å². The maximum Gasteiger partial charge on any atom is -0.00205 e. The predicted molar refractivity (Wildman–Crippen MR) is 90.9 cm³/mol. The Balaban J connectivity index is 2.16. The van der Waals surface area contributed by atoms with E-state index in [0.717, 1.165) is 18.4 Å². The van der Waals surface area contributed by atoms with Crippen molar-refractivity contribution in [3.63, 3.8) is 0 Å². The van der Waals surface area contributed by atoms with E-state index in [2.05, 4.69) is 20.8 Å². The quantitative estimate of drug-likeness (QED) is 0.494. The largest absolute Gasteiger partial charge is 0.330 e. The van der Waals surface area contributed by atoms with Gasteiger partial charge < -0.3 is 5.73 Å². The van der Waals surface area contributed by atoms with Gasteiger partial charge in [-0.05, 0) is 55.9 Å². The number of unbranched alkanes of at least 4 members (excludes halogenated alkanes) is 6. The van der Waals surface area contributed by atoms with E-state index in [4.69, 9.17) is 5.73 Å². The lowest BCUT2D eigenvalue weighted by molar-refractivity contribution is 0.119. The zero-order valence-electron chi connectivity index (χ0n) is 14.4. The summed E-state index contributed by atoms with van der Waals surface area (Å²) in [6, 6.07) is 0. The summed E-state index contributed by atoms with van der Waals surface area (Å²) in [5.74, 6) is 1.83. The van der Waals surface area contributed by atoms with E-state index in [1.54, 1.807) is 0 Å². The van der Waals surface area contributed by atoms with Crippen molar-refractivity contribution in [3.05, 3.63) is 0 Å². The van der Waals surface area contributed by atoms with Crippen LogP contribution in [0, 0.1) is 17.3 Å². The Morgan fingerprint density at radius 3 is 2.00 bits per heavy atom. The second-order valence-corrected chi connectivity index (χ2v) is 7.66. The Morgan fingerprint density at radius 1 is 0.950 bits per heavy atom. The molecular formula is C19H39N. The highest BCUT2D eigenvalue weighted by molar-refractivity contribution is 4.87. The lowest BCUT2D eigenvalue weighted by Crippen LogP contribution is -2.35. The molecule has 120 valence electrons. The minimum absolute atomic E-state index is 0.509. The first-order valence-electron chi connectivity index (χ1n) is 9.33. The van der Waals surface area contributed by atoms with Crippen LogP contribution < -0.4 is 5.73 Å². The molecule has 1 heteroatoms. The number of nitrogens with two attached hydrogens (primary N) is 1. The highest BCUT2D eigenvalue weighted by Gasteiger charge is 2.34. The topological polar surface area (TPSA) is 26.0 Å². The van der Waals surface area contributed by atoms with Gasteiger partial charge in [0.25, 0.3) is 0 Å². The SMILES string of the molecule is CCCCCCCCCC1(CN)CCC(C(C)C)CC1. The van der Waals surface area contributed by atoms with Gasteiger partial charge in [-0.25, -0.2) is 0 Å². The molecule has 0 amide bonds. The van der Waals surface area contributed by atoms with Crippen molar-refractivity contribution in [1.82, 2.24) is 0 Å². The summed E-state index contributed by atoms with van der Waals surface area (Å²) in [7, 11) is 0. The first-order chi connectivity index (χ1) is 9.63. The van der Waals surface area contributed by atoms with E-state index in [1.807, 2.05) is 0 Å². The van der Waals surface area contributed by atoms with E-state index in [9.17, 15) is 0 Å². The van der Waals surface area contributed by atoms with Gasteiger partial charge in [0.1, 0.15) is 0 Å². The average molecular weight is 282 g/mol. The summed E-state index contributed by atoms with van der Waals surface area (Å²) < 4.78 is 0. The molecule has 20 heavy (non-hydrogen) atoms. The van der Waals surface area contributed by atoms with Crippen LogP contribution in [-0.4, -0.2) is 6.54 Å². The monoisotopic (exact) mass is 281 g/mol. The standard InChI is InChI=1S/C19H39N/c1-4-5-6-7-8-9-10-13-19(16-20)14-11-18(12-15-19)17(2)3/h17-18H,4-16,20H2,1-3H3. The van der Waals surface area contributed by atoms with Gasteiger partial charge in [0.2, 0.25) is 0 Å². The molecule has 1 saturated carbocycles. The zero-order valence-corrected chi connectivity index (χ0v) is 14.4. The van der Waals surface area contributed by atoms with Gasteiger partial charge in [0, 0.05) is 0 Å². The van der Waals surface area contributed by atoms with Gasteiger partial charge in [0.05, 0.1) is 0 Å². The van der Waals surface area contributed by atoms with Crippen LogP contribution in [0.3, 0.4) is 0 Å². The van der Waals surface area contributed by atoms with E-state index in [-0.39, 0.29) is 0 Å². The molecule has 0 heterocycles. The van der Waals surface area contributed by atoms with Crippen molar-refractivity contribution >= 4 is 0 Å². The highest BCUT2D eigenvalue weighted by atomic mass is 14.6. The first kappa shape index (κ1) is 18.0. The minimum Gasteiger partial charge on any atom is -0.330 e. The normalized spacial score (nSPS) is 27.1. The highest BCUT2D eigenvalue weighted by Crippen LogP contribution is 2.44. The van der Waals surface area contributed by atoms with Crippen molar-refractivity contribution in [2.75, 3.05) is 6.54 Å². The molecule has 0 aromatic rings. The zero-order chi connectivity index (χ0) is 14.8. The molecule has 0 saturated heterocycles. The van der Waals surface area contributed by atoms with Crippen molar-refractivity contribution in [2.24, 2.45) is 23.0 Å².